The molecule has 0 radical (unpaired) electrons. The van der Waals surface area contributed by atoms with Crippen LogP contribution in [0.25, 0.3) is 0 Å². The van der Waals surface area contributed by atoms with Crippen LogP contribution in [0.15, 0.2) is 0 Å². The van der Waals surface area contributed by atoms with Crippen molar-refractivity contribution in [2.75, 3.05) is 0 Å². The lowest BCUT2D eigenvalue weighted by atomic mass is 9.73. The largest absolute Gasteiger partial charge is 0.481 e. The van der Waals surface area contributed by atoms with Gasteiger partial charge in [0.25, 0.3) is 0 Å². The Labute approximate surface area is 135 Å². The summed E-state index contributed by atoms with van der Waals surface area (Å²) in [5, 5.41) is 15.8. The Bertz CT molecular complexity index is 510. The van der Waals surface area contributed by atoms with Crippen LogP contribution in [0.1, 0.15) is 38.5 Å². The highest BCUT2D eigenvalue weighted by molar-refractivity contribution is 5.89. The van der Waals surface area contributed by atoms with E-state index < -0.39 is 30.2 Å². The second-order valence-corrected chi connectivity index (χ2v) is 7.50. The molecule has 3 aliphatic heterocycles. The number of nitrogens with one attached hydrogen (secondary N) is 2. The molecule has 4 aliphatic rings. The topological polar surface area (TPSA) is 114 Å². The first-order valence-electron chi connectivity index (χ1n) is 8.74. The number of ether oxygens (including phenoxy) is 1. The molecule has 0 aromatic heterocycles. The summed E-state index contributed by atoms with van der Waals surface area (Å²) >= 11 is 0. The molecule has 1 aliphatic carbocycles. The molecule has 128 valence electrons. The lowest BCUT2D eigenvalue weighted by Crippen LogP contribution is -2.70. The fourth-order valence-corrected chi connectivity index (χ4v) is 4.60. The Kier molecular flexibility index (Phi) is 3.91. The smallest absolute Gasteiger partial charge is 0.309 e. The Morgan fingerprint density at radius 2 is 2.00 bits per heavy atom. The normalized spacial score (nSPS) is 47.3. The zero-order valence-corrected chi connectivity index (χ0v) is 13.1. The van der Waals surface area contributed by atoms with Gasteiger partial charge in [-0.1, -0.05) is 6.42 Å². The minimum absolute atomic E-state index is 0.0981. The molecule has 0 bridgehead atoms. The second-order valence-electron chi connectivity index (χ2n) is 7.50. The van der Waals surface area contributed by atoms with E-state index in [4.69, 9.17) is 10.5 Å². The van der Waals surface area contributed by atoms with Crippen molar-refractivity contribution in [3.63, 3.8) is 0 Å². The van der Waals surface area contributed by atoms with Crippen molar-refractivity contribution < 1.29 is 19.4 Å². The van der Waals surface area contributed by atoms with Crippen molar-refractivity contribution >= 4 is 11.8 Å². The molecule has 0 amide bonds. The number of carboxylic acids is 1. The summed E-state index contributed by atoms with van der Waals surface area (Å²) in [5.74, 6) is -1.34. The summed E-state index contributed by atoms with van der Waals surface area (Å²) in [6, 6.07) is 0.115. The molecular formula is C16H25N3O4. The number of rotatable bonds is 2. The van der Waals surface area contributed by atoms with Gasteiger partial charge in [-0.2, -0.15) is 0 Å². The SMILES string of the molecule is NC1NC2OC3CCC(C4CCC4)NC3C(=O)C2CC1C(=O)O. The molecule has 23 heavy (non-hydrogen) atoms. The lowest BCUT2D eigenvalue weighted by molar-refractivity contribution is -0.176. The molecule has 0 spiro atoms. The summed E-state index contributed by atoms with van der Waals surface area (Å²) in [6.45, 7) is 0. The van der Waals surface area contributed by atoms with E-state index in [2.05, 4.69) is 10.6 Å². The fraction of sp³-hybridized carbons (Fsp3) is 0.875. The lowest BCUT2D eigenvalue weighted by Gasteiger charge is -2.50. The number of piperidine rings is 2. The summed E-state index contributed by atoms with van der Waals surface area (Å²) in [7, 11) is 0. The summed E-state index contributed by atoms with van der Waals surface area (Å²) < 4.78 is 6.08. The van der Waals surface area contributed by atoms with Crippen LogP contribution < -0.4 is 16.4 Å². The van der Waals surface area contributed by atoms with Gasteiger partial charge in [0, 0.05) is 6.04 Å². The molecule has 0 aromatic carbocycles. The maximum absolute atomic E-state index is 12.9. The number of carbonyl (C=O) groups is 2. The van der Waals surface area contributed by atoms with Crippen molar-refractivity contribution in [2.45, 2.75) is 69.1 Å². The standard InChI is InChI=1S/C16H25N3O4/c17-14-9(16(21)22)6-8-13(20)12-11(23-15(8)19-14)5-4-10(18-12)7-2-1-3-7/h7-12,14-15,18-19H,1-6,17H2,(H,21,22). The number of Topliss-reactive ketones (excluding diaryl/α,β-unsaturated/α-hetero) is 1. The van der Waals surface area contributed by atoms with Crippen LogP contribution >= 0.6 is 0 Å². The molecule has 5 N–H and O–H groups in total. The molecule has 3 saturated heterocycles. The molecular weight excluding hydrogens is 298 g/mol. The van der Waals surface area contributed by atoms with Crippen molar-refractivity contribution in [3.8, 4) is 0 Å². The van der Waals surface area contributed by atoms with E-state index in [0.717, 1.165) is 12.8 Å². The first-order valence-corrected chi connectivity index (χ1v) is 8.74. The van der Waals surface area contributed by atoms with Gasteiger partial charge >= 0.3 is 5.97 Å². The highest BCUT2D eigenvalue weighted by Crippen LogP contribution is 2.38. The molecule has 7 unspecified atom stereocenters. The van der Waals surface area contributed by atoms with E-state index in [1.807, 2.05) is 0 Å². The van der Waals surface area contributed by atoms with Crippen LogP contribution in [0.3, 0.4) is 0 Å². The Hall–Kier alpha value is -1.02. The van der Waals surface area contributed by atoms with E-state index >= 15 is 0 Å². The quantitative estimate of drug-likeness (QED) is 0.556. The third kappa shape index (κ3) is 2.59. The number of ketones is 1. The predicted molar refractivity (Wildman–Crippen MR) is 81.3 cm³/mol. The van der Waals surface area contributed by atoms with Crippen LogP contribution in [0, 0.1) is 17.8 Å². The van der Waals surface area contributed by atoms with Gasteiger partial charge in [0.1, 0.15) is 6.23 Å². The van der Waals surface area contributed by atoms with E-state index in [1.54, 1.807) is 0 Å². The van der Waals surface area contributed by atoms with Gasteiger partial charge in [0.05, 0.1) is 30.1 Å². The van der Waals surface area contributed by atoms with Crippen LogP contribution in [0.4, 0.5) is 0 Å². The predicted octanol–water partition coefficient (Wildman–Crippen LogP) is -0.204. The molecule has 1 saturated carbocycles. The first-order chi connectivity index (χ1) is 11.0. The summed E-state index contributed by atoms with van der Waals surface area (Å²) in [5.41, 5.74) is 5.89. The fourth-order valence-electron chi connectivity index (χ4n) is 4.60. The zero-order chi connectivity index (χ0) is 16.1. The third-order valence-electron chi connectivity index (χ3n) is 6.22. The first kappa shape index (κ1) is 15.5. The number of aliphatic carboxylic acids is 1. The molecule has 3 heterocycles. The van der Waals surface area contributed by atoms with E-state index in [-0.39, 0.29) is 24.3 Å². The third-order valence-corrected chi connectivity index (χ3v) is 6.22. The van der Waals surface area contributed by atoms with Gasteiger partial charge in [-0.3, -0.25) is 14.9 Å². The molecule has 4 rings (SSSR count). The molecule has 7 nitrogen and oxygen atoms in total. The minimum Gasteiger partial charge on any atom is -0.481 e. The van der Waals surface area contributed by atoms with Crippen LogP contribution in [0.2, 0.25) is 0 Å². The van der Waals surface area contributed by atoms with E-state index in [0.29, 0.717) is 12.0 Å². The highest BCUT2D eigenvalue weighted by Gasteiger charge is 2.52. The molecule has 0 aromatic rings. The number of hydrogen-bond acceptors (Lipinski definition) is 6. The Morgan fingerprint density at radius 3 is 2.65 bits per heavy atom. The molecule has 7 atom stereocenters. The van der Waals surface area contributed by atoms with Gasteiger partial charge in [-0.05, 0) is 38.0 Å². The van der Waals surface area contributed by atoms with Crippen LogP contribution in [-0.4, -0.2) is 47.4 Å². The van der Waals surface area contributed by atoms with Crippen molar-refractivity contribution in [3.05, 3.63) is 0 Å². The van der Waals surface area contributed by atoms with Crippen molar-refractivity contribution in [1.29, 1.82) is 0 Å². The maximum atomic E-state index is 12.9. The highest BCUT2D eigenvalue weighted by atomic mass is 16.5. The van der Waals surface area contributed by atoms with Crippen molar-refractivity contribution in [1.82, 2.24) is 10.6 Å². The average Bonchev–Trinajstić information content (AvgIpc) is 2.45. The van der Waals surface area contributed by atoms with Gasteiger partial charge in [-0.25, -0.2) is 0 Å². The summed E-state index contributed by atoms with van der Waals surface area (Å²) in [6.07, 6.45) is 4.71. The monoisotopic (exact) mass is 323 g/mol. The maximum Gasteiger partial charge on any atom is 0.309 e. The zero-order valence-electron chi connectivity index (χ0n) is 13.1. The van der Waals surface area contributed by atoms with Gasteiger partial charge in [0.2, 0.25) is 0 Å². The number of carbonyl (C=O) groups excluding carboxylic acids is 1. The number of fused-ring (bicyclic) bond motifs is 2. The average molecular weight is 323 g/mol. The number of hydrogen-bond donors (Lipinski definition) is 4. The van der Waals surface area contributed by atoms with Crippen molar-refractivity contribution in [2.24, 2.45) is 23.5 Å². The molecule has 7 heteroatoms. The minimum atomic E-state index is -0.956. The molecule has 4 fully saturated rings. The Morgan fingerprint density at radius 1 is 1.22 bits per heavy atom. The van der Waals surface area contributed by atoms with Crippen LogP contribution in [0.5, 0.6) is 0 Å². The van der Waals surface area contributed by atoms with Gasteiger partial charge in [0.15, 0.2) is 5.78 Å². The van der Waals surface area contributed by atoms with Crippen LogP contribution in [-0.2, 0) is 14.3 Å². The number of carboxylic acid groups (broad SMARTS) is 1. The van der Waals surface area contributed by atoms with E-state index in [9.17, 15) is 14.7 Å². The Balaban J connectivity index is 1.49. The van der Waals surface area contributed by atoms with Gasteiger partial charge in [-0.15, -0.1) is 0 Å². The second kappa shape index (κ2) is 5.81. The summed E-state index contributed by atoms with van der Waals surface area (Å²) in [4.78, 5) is 24.3. The number of nitrogens with two attached hydrogens (primary N) is 1. The van der Waals surface area contributed by atoms with Gasteiger partial charge < -0.3 is 20.9 Å². The van der Waals surface area contributed by atoms with E-state index in [1.165, 1.54) is 19.3 Å².